The molecule has 0 spiro atoms. The van der Waals surface area contributed by atoms with E-state index in [1.165, 1.54) is 4.88 Å². The first-order chi connectivity index (χ1) is 12.5. The van der Waals surface area contributed by atoms with Gasteiger partial charge in [0, 0.05) is 41.8 Å². The molecule has 0 radical (unpaired) electrons. The average molecular weight is 463 g/mol. The maximum absolute atomic E-state index is 12.6. The molecule has 10 heteroatoms. The van der Waals surface area contributed by atoms with E-state index in [1.807, 2.05) is 19.4 Å². The molecule has 0 bridgehead atoms. The van der Waals surface area contributed by atoms with Crippen molar-refractivity contribution in [1.29, 1.82) is 0 Å². The maximum Gasteiger partial charge on any atom is 0.240 e. The second kappa shape index (κ2) is 11.0. The van der Waals surface area contributed by atoms with Crippen LogP contribution < -0.4 is 10.0 Å². The molecule has 2 N–H and O–H groups in total. The summed E-state index contributed by atoms with van der Waals surface area (Å²) >= 11 is 1.65. The number of hydrogen-bond donors (Lipinski definition) is 2. The van der Waals surface area contributed by atoms with Crippen molar-refractivity contribution < 1.29 is 8.42 Å². The molecule has 1 atom stereocenters. The Bertz CT molecular complexity index is 996. The van der Waals surface area contributed by atoms with E-state index >= 15 is 0 Å². The van der Waals surface area contributed by atoms with Gasteiger partial charge in [0.05, 0.1) is 16.1 Å². The molecule has 0 saturated heterocycles. The van der Waals surface area contributed by atoms with Gasteiger partial charge in [0.1, 0.15) is 0 Å². The summed E-state index contributed by atoms with van der Waals surface area (Å²) in [5.74, 6) is 0. The number of rotatable bonds is 8. The van der Waals surface area contributed by atoms with E-state index in [-0.39, 0.29) is 35.8 Å². The third-order valence-corrected chi connectivity index (χ3v) is 6.68. The van der Waals surface area contributed by atoms with Gasteiger partial charge in [0.2, 0.25) is 10.0 Å². The van der Waals surface area contributed by atoms with Crippen LogP contribution in [0.3, 0.4) is 0 Å². The number of fused-ring (bicyclic) bond motifs is 1. The number of thiazole rings is 1. The van der Waals surface area contributed by atoms with Crippen molar-refractivity contribution in [3.05, 3.63) is 52.7 Å². The number of nitrogens with zero attached hydrogens (tertiary/aromatic N) is 2. The van der Waals surface area contributed by atoms with Crippen molar-refractivity contribution in [2.75, 3.05) is 13.1 Å². The lowest BCUT2D eigenvalue weighted by molar-refractivity contribution is 0.538. The van der Waals surface area contributed by atoms with Crippen LogP contribution >= 0.6 is 36.2 Å². The quantitative estimate of drug-likeness (QED) is 0.501. The summed E-state index contributed by atoms with van der Waals surface area (Å²) in [6.45, 7) is 5.21. The minimum Gasteiger partial charge on any atom is -0.315 e. The Morgan fingerprint density at radius 1 is 1.18 bits per heavy atom. The molecular weight excluding hydrogens is 439 g/mol. The van der Waals surface area contributed by atoms with Gasteiger partial charge in [0.25, 0.3) is 0 Å². The van der Waals surface area contributed by atoms with Crippen molar-refractivity contribution >= 4 is 56.9 Å². The molecule has 6 nitrogen and oxygen atoms in total. The van der Waals surface area contributed by atoms with Gasteiger partial charge in [-0.05, 0) is 43.9 Å². The zero-order valence-corrected chi connectivity index (χ0v) is 18.9. The number of nitrogens with one attached hydrogen (secondary N) is 2. The van der Waals surface area contributed by atoms with Gasteiger partial charge < -0.3 is 5.32 Å². The highest BCUT2D eigenvalue weighted by molar-refractivity contribution is 7.89. The molecule has 28 heavy (non-hydrogen) atoms. The summed E-state index contributed by atoms with van der Waals surface area (Å²) < 4.78 is 27.9. The molecule has 154 valence electrons. The van der Waals surface area contributed by atoms with Gasteiger partial charge in [-0.15, -0.1) is 36.2 Å². The third-order valence-electron chi connectivity index (χ3n) is 4.10. The van der Waals surface area contributed by atoms with Gasteiger partial charge in [-0.25, -0.2) is 18.1 Å². The first-order valence-electron chi connectivity index (χ1n) is 8.41. The summed E-state index contributed by atoms with van der Waals surface area (Å²) in [7, 11) is -3.56. The Morgan fingerprint density at radius 3 is 2.68 bits per heavy atom. The number of hydrogen-bond acceptors (Lipinski definition) is 6. The standard InChI is InChI=1S/C18H22N4O2S2.2ClH/c1-13(10-19-8-6-18-14(2)21-12-25-18)22-26(23,24)17-4-3-16-11-20-7-5-15(16)9-17;;/h3-5,7,9,11-13,19,22H,6,8,10H2,1-2H3;2*1H. The molecule has 2 heterocycles. The van der Waals surface area contributed by atoms with E-state index in [0.717, 1.165) is 29.4 Å². The maximum atomic E-state index is 12.6. The van der Waals surface area contributed by atoms with E-state index < -0.39 is 10.0 Å². The molecule has 0 aliphatic rings. The highest BCUT2D eigenvalue weighted by Crippen LogP contribution is 2.18. The smallest absolute Gasteiger partial charge is 0.240 e. The predicted molar refractivity (Wildman–Crippen MR) is 119 cm³/mol. The zero-order chi connectivity index (χ0) is 18.6. The Kier molecular flexibility index (Phi) is 9.76. The van der Waals surface area contributed by atoms with E-state index in [4.69, 9.17) is 0 Å². The van der Waals surface area contributed by atoms with Crippen LogP contribution in [0.2, 0.25) is 0 Å². The fraction of sp³-hybridized carbons (Fsp3) is 0.333. The first-order valence-corrected chi connectivity index (χ1v) is 10.8. The Balaban J connectivity index is 0.00000196. The normalized spacial score (nSPS) is 12.2. The van der Waals surface area contributed by atoms with Crippen molar-refractivity contribution in [3.63, 3.8) is 0 Å². The van der Waals surface area contributed by atoms with Crippen molar-refractivity contribution in [2.45, 2.75) is 31.2 Å². The summed E-state index contributed by atoms with van der Waals surface area (Å²) in [6, 6.07) is 6.65. The molecule has 0 aliphatic carbocycles. The van der Waals surface area contributed by atoms with E-state index in [9.17, 15) is 8.42 Å². The molecular formula is C18H24Cl2N4O2S2. The molecule has 0 fully saturated rings. The summed E-state index contributed by atoms with van der Waals surface area (Å²) in [6.07, 6.45) is 4.27. The molecule has 3 rings (SSSR count). The van der Waals surface area contributed by atoms with Crippen molar-refractivity contribution in [3.8, 4) is 0 Å². The molecule has 0 saturated carbocycles. The van der Waals surface area contributed by atoms with Crippen LogP contribution in [0, 0.1) is 6.92 Å². The summed E-state index contributed by atoms with van der Waals surface area (Å²) in [5, 5.41) is 5.07. The van der Waals surface area contributed by atoms with Crippen LogP contribution in [0.5, 0.6) is 0 Å². The van der Waals surface area contributed by atoms with Crippen LogP contribution in [-0.4, -0.2) is 37.5 Å². The SMILES string of the molecule is Cc1ncsc1CCNCC(C)NS(=O)(=O)c1ccc2cnccc2c1.Cl.Cl. The lowest BCUT2D eigenvalue weighted by Crippen LogP contribution is -2.40. The molecule has 2 aromatic heterocycles. The summed E-state index contributed by atoms with van der Waals surface area (Å²) in [4.78, 5) is 9.80. The largest absolute Gasteiger partial charge is 0.315 e. The van der Waals surface area contributed by atoms with Crippen LogP contribution in [0.4, 0.5) is 0 Å². The minimum atomic E-state index is -3.56. The number of halogens is 2. The van der Waals surface area contributed by atoms with Gasteiger partial charge in [-0.3, -0.25) is 4.98 Å². The number of aryl methyl sites for hydroxylation is 1. The molecule has 3 aromatic rings. The van der Waals surface area contributed by atoms with E-state index in [2.05, 4.69) is 20.0 Å². The van der Waals surface area contributed by atoms with Crippen LogP contribution in [0.15, 0.2) is 47.1 Å². The molecule has 0 amide bonds. The average Bonchev–Trinajstić information content (AvgIpc) is 3.03. The highest BCUT2D eigenvalue weighted by Gasteiger charge is 2.17. The van der Waals surface area contributed by atoms with Gasteiger partial charge in [-0.1, -0.05) is 6.07 Å². The Labute approximate surface area is 182 Å². The van der Waals surface area contributed by atoms with Gasteiger partial charge >= 0.3 is 0 Å². The second-order valence-corrected chi connectivity index (χ2v) is 8.88. The van der Waals surface area contributed by atoms with Gasteiger partial charge in [-0.2, -0.15) is 0 Å². The molecule has 0 aliphatic heterocycles. The first kappa shape index (κ1) is 24.7. The predicted octanol–water partition coefficient (Wildman–Crippen LogP) is 3.34. The van der Waals surface area contributed by atoms with Crippen LogP contribution in [0.25, 0.3) is 10.8 Å². The van der Waals surface area contributed by atoms with E-state index in [1.54, 1.807) is 48.0 Å². The lowest BCUT2D eigenvalue weighted by atomic mass is 10.2. The van der Waals surface area contributed by atoms with Gasteiger partial charge in [0.15, 0.2) is 0 Å². The Morgan fingerprint density at radius 2 is 1.96 bits per heavy atom. The van der Waals surface area contributed by atoms with Crippen LogP contribution in [-0.2, 0) is 16.4 Å². The van der Waals surface area contributed by atoms with Crippen LogP contribution in [0.1, 0.15) is 17.5 Å². The monoisotopic (exact) mass is 462 g/mol. The topological polar surface area (TPSA) is 84.0 Å². The molecule has 1 aromatic carbocycles. The summed E-state index contributed by atoms with van der Waals surface area (Å²) in [5.41, 5.74) is 2.91. The number of pyridine rings is 1. The van der Waals surface area contributed by atoms with Crippen molar-refractivity contribution in [1.82, 2.24) is 20.0 Å². The lowest BCUT2D eigenvalue weighted by Gasteiger charge is -2.15. The van der Waals surface area contributed by atoms with Crippen molar-refractivity contribution in [2.24, 2.45) is 0 Å². The third kappa shape index (κ3) is 6.37. The zero-order valence-electron chi connectivity index (χ0n) is 15.6. The second-order valence-electron chi connectivity index (χ2n) is 6.22. The number of aromatic nitrogens is 2. The number of sulfonamides is 1. The highest BCUT2D eigenvalue weighted by atomic mass is 35.5. The molecule has 1 unspecified atom stereocenters. The Hall–Kier alpha value is -1.29. The number of benzene rings is 1. The van der Waals surface area contributed by atoms with E-state index in [0.29, 0.717) is 6.54 Å². The minimum absolute atomic E-state index is 0. The fourth-order valence-corrected chi connectivity index (χ4v) is 4.75. The fourth-order valence-electron chi connectivity index (χ4n) is 2.69.